The van der Waals surface area contributed by atoms with Gasteiger partial charge in [-0.2, -0.15) is 0 Å². The van der Waals surface area contributed by atoms with Gasteiger partial charge < -0.3 is 0 Å². The molecule has 12 heavy (non-hydrogen) atoms. The summed E-state index contributed by atoms with van der Waals surface area (Å²) < 4.78 is 0. The van der Waals surface area contributed by atoms with E-state index in [1.54, 1.807) is 18.8 Å². The van der Waals surface area contributed by atoms with Crippen molar-refractivity contribution in [1.29, 1.82) is 0 Å². The van der Waals surface area contributed by atoms with Crippen LogP contribution < -0.4 is 0 Å². The summed E-state index contributed by atoms with van der Waals surface area (Å²) in [5.74, 6) is 1.12. The van der Waals surface area contributed by atoms with E-state index < -0.39 is 0 Å². The van der Waals surface area contributed by atoms with Crippen LogP contribution in [-0.2, 0) is 0 Å². The lowest BCUT2D eigenvalue weighted by molar-refractivity contribution is 1.25. The summed E-state index contributed by atoms with van der Waals surface area (Å²) in [6.45, 7) is 4.20. The fraction of sp³-hybridized carbons (Fsp3) is 0.500. The molecule has 0 heterocycles. The molecule has 0 bridgehead atoms. The Hall–Kier alpha value is -0.500. The standard InChI is InChI=1S/C10H17NS/c1-10(2)7-5-4-6-8-12-9-11-3/h4-5,7,9H,6,8H2,1-3H3/b5-4-,11-9?. The van der Waals surface area contributed by atoms with Gasteiger partial charge in [0.1, 0.15) is 0 Å². The molecule has 0 unspecified atom stereocenters. The van der Waals surface area contributed by atoms with Gasteiger partial charge in [-0.3, -0.25) is 4.99 Å². The van der Waals surface area contributed by atoms with E-state index in [0.29, 0.717) is 0 Å². The van der Waals surface area contributed by atoms with Gasteiger partial charge in [0.15, 0.2) is 0 Å². The fourth-order valence-corrected chi connectivity index (χ4v) is 1.15. The van der Waals surface area contributed by atoms with Crippen LogP contribution in [0.25, 0.3) is 0 Å². The zero-order valence-electron chi connectivity index (χ0n) is 8.08. The minimum Gasteiger partial charge on any atom is -0.290 e. The molecule has 0 rings (SSSR count). The van der Waals surface area contributed by atoms with Crippen LogP contribution >= 0.6 is 11.8 Å². The van der Waals surface area contributed by atoms with Gasteiger partial charge >= 0.3 is 0 Å². The number of rotatable bonds is 5. The first-order valence-electron chi connectivity index (χ1n) is 4.09. The molecule has 0 amide bonds. The Kier molecular flexibility index (Phi) is 8.24. The van der Waals surface area contributed by atoms with Crippen LogP contribution in [0.5, 0.6) is 0 Å². The van der Waals surface area contributed by atoms with Crippen LogP contribution in [0.15, 0.2) is 28.8 Å². The molecule has 0 atom stereocenters. The molecule has 0 aliphatic carbocycles. The molecule has 1 nitrogen and oxygen atoms in total. The molecule has 0 aromatic rings. The van der Waals surface area contributed by atoms with Gasteiger partial charge in [0, 0.05) is 12.8 Å². The fourth-order valence-electron chi connectivity index (χ4n) is 0.620. The van der Waals surface area contributed by atoms with Crippen molar-refractivity contribution in [3.8, 4) is 0 Å². The smallest absolute Gasteiger partial charge is 0.0537 e. The Bertz CT molecular complexity index is 176. The molecule has 0 radical (unpaired) electrons. The van der Waals surface area contributed by atoms with Crippen LogP contribution in [0, 0.1) is 0 Å². The van der Waals surface area contributed by atoms with Crippen molar-refractivity contribution in [2.75, 3.05) is 12.8 Å². The second-order valence-electron chi connectivity index (χ2n) is 2.70. The molecule has 0 aromatic carbocycles. The minimum atomic E-state index is 1.11. The van der Waals surface area contributed by atoms with E-state index >= 15 is 0 Å². The molecule has 0 saturated carbocycles. The average molecular weight is 183 g/mol. The maximum absolute atomic E-state index is 3.88. The quantitative estimate of drug-likeness (QED) is 0.276. The van der Waals surface area contributed by atoms with E-state index in [1.807, 2.05) is 5.55 Å². The highest BCUT2D eigenvalue weighted by atomic mass is 32.2. The number of allylic oxidation sites excluding steroid dienone is 4. The Morgan fingerprint density at radius 1 is 1.42 bits per heavy atom. The van der Waals surface area contributed by atoms with Crippen molar-refractivity contribution in [3.63, 3.8) is 0 Å². The third kappa shape index (κ3) is 9.50. The second-order valence-corrected chi connectivity index (χ2v) is 3.65. The van der Waals surface area contributed by atoms with E-state index in [9.17, 15) is 0 Å². The monoisotopic (exact) mass is 183 g/mol. The van der Waals surface area contributed by atoms with E-state index in [-0.39, 0.29) is 0 Å². The Morgan fingerprint density at radius 2 is 2.17 bits per heavy atom. The molecular formula is C10H17NS. The molecule has 0 aliphatic rings. The summed E-state index contributed by atoms with van der Waals surface area (Å²) in [4.78, 5) is 3.88. The number of thioether (sulfide) groups is 1. The first-order valence-corrected chi connectivity index (χ1v) is 5.14. The first kappa shape index (κ1) is 11.5. The summed E-state index contributed by atoms with van der Waals surface area (Å²) in [5, 5.41) is 0. The maximum atomic E-state index is 3.88. The highest BCUT2D eigenvalue weighted by molar-refractivity contribution is 8.12. The molecule has 0 aliphatic heterocycles. The zero-order chi connectivity index (χ0) is 9.23. The normalized spacial score (nSPS) is 11.2. The summed E-state index contributed by atoms with van der Waals surface area (Å²) >= 11 is 1.75. The number of hydrogen-bond acceptors (Lipinski definition) is 2. The largest absolute Gasteiger partial charge is 0.290 e. The molecule has 0 spiro atoms. The molecule has 0 aromatic heterocycles. The molecule has 68 valence electrons. The summed E-state index contributed by atoms with van der Waals surface area (Å²) in [6.07, 6.45) is 7.53. The van der Waals surface area contributed by atoms with Crippen LogP contribution in [0.4, 0.5) is 0 Å². The summed E-state index contributed by atoms with van der Waals surface area (Å²) in [5.41, 5.74) is 3.23. The van der Waals surface area contributed by atoms with Crippen molar-refractivity contribution in [2.45, 2.75) is 20.3 Å². The van der Waals surface area contributed by atoms with Crippen molar-refractivity contribution >= 4 is 17.3 Å². The van der Waals surface area contributed by atoms with E-state index in [4.69, 9.17) is 0 Å². The molecule has 0 fully saturated rings. The lowest BCUT2D eigenvalue weighted by Crippen LogP contribution is -1.74. The molecule has 2 heteroatoms. The van der Waals surface area contributed by atoms with Crippen molar-refractivity contribution in [3.05, 3.63) is 23.8 Å². The number of aliphatic imine (C=N–C) groups is 1. The Balaban J connectivity index is 3.31. The number of nitrogens with zero attached hydrogens (tertiary/aromatic N) is 1. The first-order chi connectivity index (χ1) is 5.77. The summed E-state index contributed by atoms with van der Waals surface area (Å²) in [7, 11) is 1.80. The van der Waals surface area contributed by atoms with E-state index in [0.717, 1.165) is 12.2 Å². The minimum absolute atomic E-state index is 1.11. The van der Waals surface area contributed by atoms with Crippen LogP contribution in [-0.4, -0.2) is 18.3 Å². The topological polar surface area (TPSA) is 12.4 Å². The lowest BCUT2D eigenvalue weighted by atomic mass is 10.3. The van der Waals surface area contributed by atoms with Crippen LogP contribution in [0.3, 0.4) is 0 Å². The molecular weight excluding hydrogens is 166 g/mol. The van der Waals surface area contributed by atoms with Crippen LogP contribution in [0.2, 0.25) is 0 Å². The third-order valence-corrected chi connectivity index (χ3v) is 1.98. The van der Waals surface area contributed by atoms with Gasteiger partial charge in [-0.1, -0.05) is 23.8 Å². The number of hydrogen-bond donors (Lipinski definition) is 0. The van der Waals surface area contributed by atoms with Gasteiger partial charge in [-0.05, 0) is 20.3 Å². The predicted octanol–water partition coefficient (Wildman–Crippen LogP) is 3.29. The Labute approximate surface area is 79.7 Å². The van der Waals surface area contributed by atoms with E-state index in [1.165, 1.54) is 5.57 Å². The van der Waals surface area contributed by atoms with Crippen molar-refractivity contribution in [2.24, 2.45) is 4.99 Å². The molecule has 0 N–H and O–H groups in total. The lowest BCUT2D eigenvalue weighted by Gasteiger charge is -1.88. The average Bonchev–Trinajstić information content (AvgIpc) is 2.02. The van der Waals surface area contributed by atoms with E-state index in [2.05, 4.69) is 37.1 Å². The highest BCUT2D eigenvalue weighted by Crippen LogP contribution is 1.99. The van der Waals surface area contributed by atoms with Gasteiger partial charge in [0.25, 0.3) is 0 Å². The van der Waals surface area contributed by atoms with Crippen molar-refractivity contribution in [1.82, 2.24) is 0 Å². The Morgan fingerprint density at radius 3 is 2.75 bits per heavy atom. The summed E-state index contributed by atoms with van der Waals surface area (Å²) in [6, 6.07) is 0. The third-order valence-electron chi connectivity index (χ3n) is 1.15. The van der Waals surface area contributed by atoms with Gasteiger partial charge in [0.2, 0.25) is 0 Å². The van der Waals surface area contributed by atoms with Gasteiger partial charge in [-0.25, -0.2) is 0 Å². The predicted molar refractivity (Wildman–Crippen MR) is 60.1 cm³/mol. The SMILES string of the molecule is CN=CSCC/C=C\C=C(C)C. The second kappa shape index (κ2) is 8.60. The van der Waals surface area contributed by atoms with Gasteiger partial charge in [0.05, 0.1) is 5.55 Å². The van der Waals surface area contributed by atoms with Crippen LogP contribution in [0.1, 0.15) is 20.3 Å². The molecule has 0 saturated heterocycles. The van der Waals surface area contributed by atoms with Crippen molar-refractivity contribution < 1.29 is 0 Å². The highest BCUT2D eigenvalue weighted by Gasteiger charge is 1.79. The maximum Gasteiger partial charge on any atom is 0.0537 e. The zero-order valence-corrected chi connectivity index (χ0v) is 8.90. The van der Waals surface area contributed by atoms with Gasteiger partial charge in [-0.15, -0.1) is 11.8 Å².